The van der Waals surface area contributed by atoms with E-state index in [0.29, 0.717) is 5.69 Å². The summed E-state index contributed by atoms with van der Waals surface area (Å²) >= 11 is 0. The number of rotatable bonds is 2. The Balaban J connectivity index is 3.28. The predicted octanol–water partition coefficient (Wildman–Crippen LogP) is 0.943. The summed E-state index contributed by atoms with van der Waals surface area (Å²) in [5.41, 5.74) is 2.41. The van der Waals surface area contributed by atoms with Gasteiger partial charge in [0, 0.05) is 0 Å². The van der Waals surface area contributed by atoms with E-state index in [1.54, 1.807) is 12.1 Å². The average molecular weight is 214 g/mol. The number of anilines is 1. The molecule has 0 aromatic heterocycles. The zero-order valence-electron chi connectivity index (χ0n) is 8.48. The zero-order chi connectivity index (χ0) is 10.9. The maximum atomic E-state index is 11.2. The lowest BCUT2D eigenvalue weighted by atomic mass is 10.1. The minimum absolute atomic E-state index is 0.521. The highest BCUT2D eigenvalue weighted by Gasteiger charge is 2.15. The molecule has 0 bridgehead atoms. The summed E-state index contributed by atoms with van der Waals surface area (Å²) in [4.78, 5) is 0. The molecular weight excluding hydrogens is 200 g/mol. The van der Waals surface area contributed by atoms with Gasteiger partial charge in [0.05, 0.1) is 11.9 Å². The summed E-state index contributed by atoms with van der Waals surface area (Å²) in [6.07, 6.45) is 1.08. The molecule has 0 heterocycles. The second-order valence-electron chi connectivity index (χ2n) is 3.28. The maximum Gasteiger partial charge on any atom is 0.245 e. The van der Waals surface area contributed by atoms with E-state index in [4.69, 9.17) is 5.84 Å². The molecule has 0 spiro atoms. The fraction of sp³-hybridized carbons (Fsp3) is 0.333. The van der Waals surface area contributed by atoms with Crippen LogP contribution in [0.4, 0.5) is 5.69 Å². The van der Waals surface area contributed by atoms with E-state index in [-0.39, 0.29) is 0 Å². The van der Waals surface area contributed by atoms with Crippen molar-refractivity contribution in [3.05, 3.63) is 29.3 Å². The fourth-order valence-corrected chi connectivity index (χ4v) is 1.71. The molecule has 1 aromatic carbocycles. The molecule has 0 aliphatic rings. The van der Waals surface area contributed by atoms with Gasteiger partial charge in [-0.25, -0.2) is 18.7 Å². The van der Waals surface area contributed by atoms with Crippen molar-refractivity contribution in [1.82, 2.24) is 0 Å². The first-order chi connectivity index (χ1) is 6.34. The Morgan fingerprint density at radius 1 is 1.29 bits per heavy atom. The van der Waals surface area contributed by atoms with Crippen molar-refractivity contribution in [2.45, 2.75) is 13.8 Å². The van der Waals surface area contributed by atoms with Crippen molar-refractivity contribution in [2.24, 2.45) is 5.84 Å². The van der Waals surface area contributed by atoms with Crippen molar-refractivity contribution in [2.75, 3.05) is 10.7 Å². The van der Waals surface area contributed by atoms with Gasteiger partial charge in [-0.15, -0.1) is 0 Å². The van der Waals surface area contributed by atoms with Crippen LogP contribution < -0.4 is 10.3 Å². The van der Waals surface area contributed by atoms with Crippen LogP contribution >= 0.6 is 0 Å². The Hall–Kier alpha value is -1.07. The zero-order valence-corrected chi connectivity index (χ0v) is 9.30. The van der Waals surface area contributed by atoms with Gasteiger partial charge >= 0.3 is 0 Å². The first kappa shape index (κ1) is 11.0. The number of hydrogen-bond donors (Lipinski definition) is 1. The van der Waals surface area contributed by atoms with Gasteiger partial charge in [-0.05, 0) is 31.0 Å². The van der Waals surface area contributed by atoms with Gasteiger partial charge in [0.25, 0.3) is 0 Å². The molecule has 14 heavy (non-hydrogen) atoms. The largest absolute Gasteiger partial charge is 0.245 e. The highest BCUT2D eigenvalue weighted by Crippen LogP contribution is 2.21. The van der Waals surface area contributed by atoms with E-state index in [1.807, 2.05) is 19.9 Å². The molecule has 0 saturated heterocycles. The Morgan fingerprint density at radius 2 is 1.86 bits per heavy atom. The number of hydrogen-bond acceptors (Lipinski definition) is 3. The third-order valence-corrected chi connectivity index (χ3v) is 3.08. The van der Waals surface area contributed by atoms with Crippen LogP contribution in [0.3, 0.4) is 0 Å². The minimum atomic E-state index is -3.38. The number of nitrogens with zero attached hydrogens (tertiary/aromatic N) is 1. The summed E-state index contributed by atoms with van der Waals surface area (Å²) in [5, 5.41) is 0. The summed E-state index contributed by atoms with van der Waals surface area (Å²) in [6.45, 7) is 3.75. The Bertz CT molecular complexity index is 440. The van der Waals surface area contributed by atoms with Gasteiger partial charge < -0.3 is 0 Å². The first-order valence-electron chi connectivity index (χ1n) is 4.15. The molecule has 0 unspecified atom stereocenters. The van der Waals surface area contributed by atoms with Crippen molar-refractivity contribution in [1.29, 1.82) is 0 Å². The maximum absolute atomic E-state index is 11.2. The van der Waals surface area contributed by atoms with E-state index in [0.717, 1.165) is 21.8 Å². The molecule has 0 aliphatic heterocycles. The molecular formula is C9H14N2O2S. The van der Waals surface area contributed by atoms with E-state index in [9.17, 15) is 8.42 Å². The summed E-state index contributed by atoms with van der Waals surface area (Å²) in [5.74, 6) is 5.49. The van der Waals surface area contributed by atoms with Crippen molar-refractivity contribution in [3.8, 4) is 0 Å². The predicted molar refractivity (Wildman–Crippen MR) is 57.4 cm³/mol. The molecule has 0 atom stereocenters. The Labute approximate surface area is 84.4 Å². The Morgan fingerprint density at radius 3 is 2.36 bits per heavy atom. The third kappa shape index (κ3) is 2.05. The van der Waals surface area contributed by atoms with Gasteiger partial charge in [0.15, 0.2) is 0 Å². The van der Waals surface area contributed by atoms with E-state index in [1.165, 1.54) is 0 Å². The number of aryl methyl sites for hydroxylation is 1. The van der Waals surface area contributed by atoms with Crippen LogP contribution in [0.15, 0.2) is 18.2 Å². The molecule has 0 radical (unpaired) electrons. The quantitative estimate of drug-likeness (QED) is 0.588. The molecule has 1 rings (SSSR count). The molecule has 0 fully saturated rings. The SMILES string of the molecule is Cc1cccc(N(N)S(C)(=O)=O)c1C. The molecule has 1 aromatic rings. The van der Waals surface area contributed by atoms with Crippen molar-refractivity contribution >= 4 is 15.7 Å². The minimum Gasteiger partial charge on any atom is -0.233 e. The van der Waals surface area contributed by atoms with Gasteiger partial charge in [-0.3, -0.25) is 0 Å². The van der Waals surface area contributed by atoms with Crippen LogP contribution in [-0.4, -0.2) is 14.7 Å². The Kier molecular flexibility index (Phi) is 2.82. The summed E-state index contributed by atoms with van der Waals surface area (Å²) < 4.78 is 23.2. The average Bonchev–Trinajstić information content (AvgIpc) is 2.07. The van der Waals surface area contributed by atoms with Crippen LogP contribution in [0.5, 0.6) is 0 Å². The fourth-order valence-electron chi connectivity index (χ4n) is 1.15. The lowest BCUT2D eigenvalue weighted by molar-refractivity contribution is 0.598. The van der Waals surface area contributed by atoms with Crippen LogP contribution in [0.1, 0.15) is 11.1 Å². The molecule has 5 heteroatoms. The van der Waals surface area contributed by atoms with Crippen LogP contribution in [0.2, 0.25) is 0 Å². The molecule has 0 aliphatic carbocycles. The molecule has 4 nitrogen and oxygen atoms in total. The molecule has 78 valence electrons. The first-order valence-corrected chi connectivity index (χ1v) is 6.00. The van der Waals surface area contributed by atoms with E-state index >= 15 is 0 Å². The molecule has 0 amide bonds. The second kappa shape index (κ2) is 3.59. The number of hydrazine groups is 1. The number of benzene rings is 1. The standard InChI is InChI=1S/C9H14N2O2S/c1-7-5-4-6-9(8(7)2)11(10)14(3,12)13/h4-6H,10H2,1-3H3. The van der Waals surface area contributed by atoms with E-state index < -0.39 is 10.0 Å². The lowest BCUT2D eigenvalue weighted by Crippen LogP contribution is -2.37. The third-order valence-electron chi connectivity index (χ3n) is 2.17. The molecule has 0 saturated carbocycles. The van der Waals surface area contributed by atoms with Gasteiger partial charge in [0.1, 0.15) is 0 Å². The smallest absolute Gasteiger partial charge is 0.233 e. The van der Waals surface area contributed by atoms with Crippen LogP contribution in [0, 0.1) is 13.8 Å². The highest BCUT2D eigenvalue weighted by molar-refractivity contribution is 7.92. The monoisotopic (exact) mass is 214 g/mol. The van der Waals surface area contributed by atoms with Crippen molar-refractivity contribution < 1.29 is 8.42 Å². The normalized spacial score (nSPS) is 11.4. The van der Waals surface area contributed by atoms with Crippen LogP contribution in [0.25, 0.3) is 0 Å². The van der Waals surface area contributed by atoms with Crippen LogP contribution in [-0.2, 0) is 10.0 Å². The number of sulfonamides is 1. The van der Waals surface area contributed by atoms with Gasteiger partial charge in [-0.1, -0.05) is 12.1 Å². The molecule has 2 N–H and O–H groups in total. The summed E-state index contributed by atoms with van der Waals surface area (Å²) in [7, 11) is -3.38. The summed E-state index contributed by atoms with van der Waals surface area (Å²) in [6, 6.07) is 5.38. The number of nitrogens with two attached hydrogens (primary N) is 1. The highest BCUT2D eigenvalue weighted by atomic mass is 32.2. The lowest BCUT2D eigenvalue weighted by Gasteiger charge is -2.18. The van der Waals surface area contributed by atoms with Gasteiger partial charge in [0.2, 0.25) is 10.0 Å². The van der Waals surface area contributed by atoms with Gasteiger partial charge in [-0.2, -0.15) is 0 Å². The van der Waals surface area contributed by atoms with Crippen molar-refractivity contribution in [3.63, 3.8) is 0 Å². The van der Waals surface area contributed by atoms with E-state index in [2.05, 4.69) is 0 Å². The second-order valence-corrected chi connectivity index (χ2v) is 5.14. The topological polar surface area (TPSA) is 63.4 Å².